The molecule has 4 heteroatoms. The van der Waals surface area contributed by atoms with Gasteiger partial charge >= 0.3 is 0 Å². The van der Waals surface area contributed by atoms with Crippen molar-refractivity contribution < 1.29 is 4.79 Å². The van der Waals surface area contributed by atoms with Crippen molar-refractivity contribution in [2.24, 2.45) is 5.92 Å². The zero-order valence-electron chi connectivity index (χ0n) is 14.0. The lowest BCUT2D eigenvalue weighted by Crippen LogP contribution is -2.30. The van der Waals surface area contributed by atoms with Crippen LogP contribution in [0, 0.1) is 19.8 Å². The molecule has 0 aliphatic carbocycles. The van der Waals surface area contributed by atoms with Crippen molar-refractivity contribution in [3.63, 3.8) is 0 Å². The molecule has 1 aliphatic heterocycles. The summed E-state index contributed by atoms with van der Waals surface area (Å²) in [7, 11) is 0. The van der Waals surface area contributed by atoms with Gasteiger partial charge in [-0.05, 0) is 55.7 Å². The molecule has 0 saturated heterocycles. The standard InChI is InChI=1S/C20H21N3O/c1-13-7-8-16(11-14(13)2)21-20(24)15-9-10-23-18-6-4-3-5-17(18)22-19(23)12-15/h3-8,11,15H,9-10,12H2,1-2H3,(H,21,24). The van der Waals surface area contributed by atoms with Crippen molar-refractivity contribution >= 4 is 22.6 Å². The van der Waals surface area contributed by atoms with Gasteiger partial charge in [0.05, 0.1) is 11.0 Å². The number of hydrogen-bond donors (Lipinski definition) is 1. The second kappa shape index (κ2) is 5.78. The molecule has 1 atom stereocenters. The van der Waals surface area contributed by atoms with E-state index in [-0.39, 0.29) is 11.8 Å². The number of carbonyl (C=O) groups excluding carboxylic acids is 1. The maximum atomic E-state index is 12.6. The van der Waals surface area contributed by atoms with E-state index in [2.05, 4.69) is 29.8 Å². The Morgan fingerprint density at radius 1 is 1.17 bits per heavy atom. The minimum atomic E-state index is -0.0177. The number of nitrogens with one attached hydrogen (secondary N) is 1. The lowest BCUT2D eigenvalue weighted by atomic mass is 9.96. The number of anilines is 1. The van der Waals surface area contributed by atoms with Crippen molar-refractivity contribution in [2.75, 3.05) is 5.32 Å². The van der Waals surface area contributed by atoms with Gasteiger partial charge in [0.25, 0.3) is 0 Å². The smallest absolute Gasteiger partial charge is 0.228 e. The average Bonchev–Trinajstić information content (AvgIpc) is 2.96. The highest BCUT2D eigenvalue weighted by atomic mass is 16.1. The van der Waals surface area contributed by atoms with Crippen LogP contribution in [-0.4, -0.2) is 15.5 Å². The molecule has 0 bridgehead atoms. The zero-order chi connectivity index (χ0) is 16.7. The van der Waals surface area contributed by atoms with E-state index < -0.39 is 0 Å². The fourth-order valence-electron chi connectivity index (χ4n) is 3.43. The van der Waals surface area contributed by atoms with Crippen LogP contribution in [0.25, 0.3) is 11.0 Å². The van der Waals surface area contributed by atoms with E-state index in [4.69, 9.17) is 4.98 Å². The molecule has 2 heterocycles. The van der Waals surface area contributed by atoms with Gasteiger partial charge in [-0.1, -0.05) is 18.2 Å². The number of fused-ring (bicyclic) bond motifs is 3. The van der Waals surface area contributed by atoms with Gasteiger partial charge in [0.15, 0.2) is 0 Å². The lowest BCUT2D eigenvalue weighted by molar-refractivity contribution is -0.120. The van der Waals surface area contributed by atoms with E-state index in [1.165, 1.54) is 16.6 Å². The molecule has 0 radical (unpaired) electrons. The molecule has 1 aliphatic rings. The highest BCUT2D eigenvalue weighted by molar-refractivity contribution is 5.93. The second-order valence-corrected chi connectivity index (χ2v) is 6.65. The molecule has 1 amide bonds. The molecular weight excluding hydrogens is 298 g/mol. The highest BCUT2D eigenvalue weighted by Gasteiger charge is 2.27. The maximum absolute atomic E-state index is 12.6. The molecule has 2 aromatic carbocycles. The first-order chi connectivity index (χ1) is 11.6. The lowest BCUT2D eigenvalue weighted by Gasteiger charge is -2.23. The monoisotopic (exact) mass is 319 g/mol. The molecule has 4 rings (SSSR count). The van der Waals surface area contributed by atoms with Gasteiger partial charge in [-0.2, -0.15) is 0 Å². The Morgan fingerprint density at radius 3 is 2.83 bits per heavy atom. The fraction of sp³-hybridized carbons (Fsp3) is 0.300. The van der Waals surface area contributed by atoms with Crippen LogP contribution in [0.4, 0.5) is 5.69 Å². The Balaban J connectivity index is 1.53. The fourth-order valence-corrected chi connectivity index (χ4v) is 3.43. The summed E-state index contributed by atoms with van der Waals surface area (Å²) in [4.78, 5) is 17.3. The van der Waals surface area contributed by atoms with Crippen LogP contribution in [0.1, 0.15) is 23.4 Å². The number of rotatable bonds is 2. The predicted molar refractivity (Wildman–Crippen MR) is 96.1 cm³/mol. The van der Waals surface area contributed by atoms with E-state index in [0.717, 1.165) is 30.0 Å². The van der Waals surface area contributed by atoms with Gasteiger partial charge in [-0.3, -0.25) is 4.79 Å². The quantitative estimate of drug-likeness (QED) is 0.780. The Hall–Kier alpha value is -2.62. The number of carbonyl (C=O) groups is 1. The summed E-state index contributed by atoms with van der Waals surface area (Å²) < 4.78 is 2.25. The summed E-state index contributed by atoms with van der Waals surface area (Å²) in [5.41, 5.74) is 5.49. The summed E-state index contributed by atoms with van der Waals surface area (Å²) >= 11 is 0. The van der Waals surface area contributed by atoms with Gasteiger partial charge in [0.2, 0.25) is 5.91 Å². The molecule has 0 fully saturated rings. The molecule has 4 nitrogen and oxygen atoms in total. The number of nitrogens with zero attached hydrogens (tertiary/aromatic N) is 2. The molecule has 3 aromatic rings. The Morgan fingerprint density at radius 2 is 2.00 bits per heavy atom. The molecule has 1 aromatic heterocycles. The van der Waals surface area contributed by atoms with Crippen LogP contribution in [0.5, 0.6) is 0 Å². The topological polar surface area (TPSA) is 46.9 Å². The van der Waals surface area contributed by atoms with Crippen LogP contribution < -0.4 is 5.32 Å². The number of aryl methyl sites for hydroxylation is 3. The van der Waals surface area contributed by atoms with Crippen LogP contribution >= 0.6 is 0 Å². The molecule has 1 N–H and O–H groups in total. The number of hydrogen-bond acceptors (Lipinski definition) is 2. The largest absolute Gasteiger partial charge is 0.328 e. The molecule has 24 heavy (non-hydrogen) atoms. The third-order valence-electron chi connectivity index (χ3n) is 5.01. The van der Waals surface area contributed by atoms with E-state index >= 15 is 0 Å². The second-order valence-electron chi connectivity index (χ2n) is 6.65. The van der Waals surface area contributed by atoms with Crippen LogP contribution in [0.3, 0.4) is 0 Å². The van der Waals surface area contributed by atoms with Gasteiger partial charge in [-0.15, -0.1) is 0 Å². The summed E-state index contributed by atoms with van der Waals surface area (Å²) in [5.74, 6) is 1.09. The van der Waals surface area contributed by atoms with Gasteiger partial charge in [0, 0.05) is 24.6 Å². The number of benzene rings is 2. The zero-order valence-corrected chi connectivity index (χ0v) is 14.0. The molecule has 1 unspecified atom stereocenters. The third kappa shape index (κ3) is 2.58. The Kier molecular flexibility index (Phi) is 3.60. The first kappa shape index (κ1) is 14.9. The van der Waals surface area contributed by atoms with Gasteiger partial charge < -0.3 is 9.88 Å². The van der Waals surface area contributed by atoms with E-state index in [1.807, 2.05) is 36.4 Å². The van der Waals surface area contributed by atoms with E-state index in [9.17, 15) is 4.79 Å². The number of imidazole rings is 1. The normalized spacial score (nSPS) is 16.8. The van der Waals surface area contributed by atoms with Gasteiger partial charge in [0.1, 0.15) is 5.82 Å². The van der Waals surface area contributed by atoms with Crippen LogP contribution in [-0.2, 0) is 17.8 Å². The molecule has 122 valence electrons. The molecule has 0 spiro atoms. The first-order valence-corrected chi connectivity index (χ1v) is 8.44. The van der Waals surface area contributed by atoms with E-state index in [0.29, 0.717) is 6.42 Å². The molecular formula is C20H21N3O. The van der Waals surface area contributed by atoms with E-state index in [1.54, 1.807) is 0 Å². The average molecular weight is 319 g/mol. The maximum Gasteiger partial charge on any atom is 0.228 e. The first-order valence-electron chi connectivity index (χ1n) is 8.44. The third-order valence-corrected chi connectivity index (χ3v) is 5.01. The minimum absolute atomic E-state index is 0.0177. The Bertz CT molecular complexity index is 926. The SMILES string of the molecule is Cc1ccc(NC(=O)C2CCn3c(nc4ccccc43)C2)cc1C. The summed E-state index contributed by atoms with van der Waals surface area (Å²) in [6, 6.07) is 14.2. The number of para-hydroxylation sites is 2. The van der Waals surface area contributed by atoms with Crippen molar-refractivity contribution in [1.29, 1.82) is 0 Å². The molecule has 0 saturated carbocycles. The summed E-state index contributed by atoms with van der Waals surface area (Å²) in [5, 5.41) is 3.07. The van der Waals surface area contributed by atoms with Crippen LogP contribution in [0.15, 0.2) is 42.5 Å². The van der Waals surface area contributed by atoms with Crippen molar-refractivity contribution in [3.8, 4) is 0 Å². The minimum Gasteiger partial charge on any atom is -0.328 e. The summed E-state index contributed by atoms with van der Waals surface area (Å²) in [6.45, 7) is 4.99. The number of aromatic nitrogens is 2. The number of amides is 1. The van der Waals surface area contributed by atoms with Crippen molar-refractivity contribution in [2.45, 2.75) is 33.2 Å². The van der Waals surface area contributed by atoms with Crippen LogP contribution in [0.2, 0.25) is 0 Å². The van der Waals surface area contributed by atoms with Crippen molar-refractivity contribution in [1.82, 2.24) is 9.55 Å². The van der Waals surface area contributed by atoms with Gasteiger partial charge in [-0.25, -0.2) is 4.98 Å². The Labute approximate surface area is 141 Å². The van der Waals surface area contributed by atoms with Crippen molar-refractivity contribution in [3.05, 3.63) is 59.4 Å². The predicted octanol–water partition coefficient (Wildman–Crippen LogP) is 3.85. The summed E-state index contributed by atoms with van der Waals surface area (Å²) in [6.07, 6.45) is 1.55. The highest BCUT2D eigenvalue weighted by Crippen LogP contribution is 2.26.